The van der Waals surface area contributed by atoms with Crippen molar-refractivity contribution in [1.82, 2.24) is 4.98 Å². The van der Waals surface area contributed by atoms with Gasteiger partial charge >= 0.3 is 5.97 Å². The number of benzene rings is 3. The number of hydrogen-bond donors (Lipinski definition) is 3. The molecule has 1 saturated carbocycles. The number of aromatic nitrogens is 1. The molecule has 4 aromatic rings. The van der Waals surface area contributed by atoms with Crippen molar-refractivity contribution in [3.8, 4) is 17.0 Å². The Labute approximate surface area is 337 Å². The number of aliphatic hydroxyl groups is 2. The molecule has 0 unspecified atom stereocenters. The zero-order valence-electron chi connectivity index (χ0n) is 32.4. The number of ether oxygens (including phenoxy) is 1. The molecule has 8 heteroatoms. The molecule has 300 valence electrons. The van der Waals surface area contributed by atoms with Crippen LogP contribution in [0.4, 0.5) is 4.39 Å². The van der Waals surface area contributed by atoms with Crippen LogP contribution >= 0.6 is 15.9 Å². The quantitative estimate of drug-likeness (QED) is 0.124. The fourth-order valence-electron chi connectivity index (χ4n) is 7.96. The van der Waals surface area contributed by atoms with Crippen molar-refractivity contribution >= 4 is 21.9 Å². The Morgan fingerprint density at radius 1 is 0.855 bits per heavy atom. The van der Waals surface area contributed by atoms with Crippen LogP contribution in [0.3, 0.4) is 0 Å². The number of rotatable bonds is 13. The Morgan fingerprint density at radius 3 is 1.89 bits per heavy atom. The number of carboxylic acids is 1. The molecule has 3 atom stereocenters. The third-order valence-electron chi connectivity index (χ3n) is 10.6. The van der Waals surface area contributed by atoms with Gasteiger partial charge in [-0.2, -0.15) is 0 Å². The molecule has 0 saturated heterocycles. The van der Waals surface area contributed by atoms with E-state index in [1.54, 1.807) is 12.3 Å². The van der Waals surface area contributed by atoms with Crippen molar-refractivity contribution < 1.29 is 29.2 Å². The lowest BCUT2D eigenvalue weighted by Gasteiger charge is -2.18. The molecule has 0 aliphatic heterocycles. The van der Waals surface area contributed by atoms with Crippen molar-refractivity contribution in [1.29, 1.82) is 0 Å². The van der Waals surface area contributed by atoms with Crippen molar-refractivity contribution in [2.75, 3.05) is 0 Å². The van der Waals surface area contributed by atoms with E-state index < -0.39 is 17.2 Å². The van der Waals surface area contributed by atoms with Gasteiger partial charge in [-0.05, 0) is 174 Å². The van der Waals surface area contributed by atoms with E-state index in [0.717, 1.165) is 78.3 Å². The van der Waals surface area contributed by atoms with Crippen molar-refractivity contribution in [3.05, 3.63) is 115 Å². The van der Waals surface area contributed by atoms with E-state index in [0.29, 0.717) is 11.4 Å². The van der Waals surface area contributed by atoms with Crippen LogP contribution in [0.15, 0.2) is 59.2 Å². The molecule has 3 N–H and O–H groups in total. The van der Waals surface area contributed by atoms with Crippen LogP contribution in [-0.2, 0) is 30.7 Å². The molecule has 2 aliphatic rings. The lowest BCUT2D eigenvalue weighted by molar-refractivity contribution is -0.139. The van der Waals surface area contributed by atoms with E-state index in [-0.39, 0.29) is 45.0 Å². The normalized spacial score (nSPS) is 16.8. The maximum atomic E-state index is 14.7. The van der Waals surface area contributed by atoms with Crippen LogP contribution in [0.2, 0.25) is 0 Å². The molecule has 1 fully saturated rings. The van der Waals surface area contributed by atoms with Crippen LogP contribution in [0.25, 0.3) is 11.1 Å². The minimum atomic E-state index is -0.734. The molecule has 55 heavy (non-hydrogen) atoms. The monoisotopic (exact) mass is 819 g/mol. The molecule has 0 amide bonds. The summed E-state index contributed by atoms with van der Waals surface area (Å²) in [6.45, 7) is 15.9. The van der Waals surface area contributed by atoms with Crippen LogP contribution in [0.1, 0.15) is 124 Å². The molecular formula is C47H63BrFNO5. The minimum absolute atomic E-state index is 0. The van der Waals surface area contributed by atoms with Gasteiger partial charge in [0.2, 0.25) is 5.88 Å². The number of carboxylic acid groups (broad SMARTS) is 1. The highest BCUT2D eigenvalue weighted by atomic mass is 79.9. The number of nitrogens with zero attached hydrogens (tertiary/aromatic N) is 1. The number of aryl methyl sites for hydroxylation is 6. The summed E-state index contributed by atoms with van der Waals surface area (Å²) in [7, 11) is 0. The highest BCUT2D eigenvalue weighted by molar-refractivity contribution is 9.10. The zero-order valence-corrected chi connectivity index (χ0v) is 34.0. The summed E-state index contributed by atoms with van der Waals surface area (Å²) in [5.41, 5.74) is 10.8. The number of aliphatic carboxylic acids is 1. The molecule has 1 heterocycles. The van der Waals surface area contributed by atoms with E-state index in [2.05, 4.69) is 72.9 Å². The molecule has 0 spiro atoms. The first kappa shape index (κ1) is 45.8. The summed E-state index contributed by atoms with van der Waals surface area (Å²) in [5, 5.41) is 28.9. The lowest BCUT2D eigenvalue weighted by atomic mass is 9.90. The van der Waals surface area contributed by atoms with E-state index in [9.17, 15) is 24.5 Å². The molecule has 6 rings (SSSR count). The first-order valence-corrected chi connectivity index (χ1v) is 19.5. The Morgan fingerprint density at radius 2 is 1.38 bits per heavy atom. The predicted molar refractivity (Wildman–Crippen MR) is 226 cm³/mol. The van der Waals surface area contributed by atoms with Crippen LogP contribution in [0.5, 0.6) is 5.88 Å². The standard InChI is InChI=1S/C31H34FNO4.C14H21BrO.2CH4/c1-17-10-19(6-5-9-31(3,4)36)11-18(2)27(17)20-7-8-25(32)22(12-20)16-37-26-14-21-13-23-28(24(21)15-33-26)29(23)30(34)35;1-10-8-12(9-11(2)13(10)15)6-5-7-14(3,4)16;;/h7-8,10-12,14-15,23,28-29,36H,5-6,9,13,16H2,1-4H3,(H,34,35);8-9,16H,5-7H2,1-4H3;2*1H4/t23-,28-,29+;;;/m1.../s1. The second-order valence-corrected chi connectivity index (χ2v) is 17.3. The molecule has 2 aliphatic carbocycles. The van der Waals surface area contributed by atoms with Crippen molar-refractivity contribution in [2.24, 2.45) is 11.8 Å². The first-order valence-electron chi connectivity index (χ1n) is 18.7. The van der Waals surface area contributed by atoms with Gasteiger partial charge in [0.15, 0.2) is 0 Å². The van der Waals surface area contributed by atoms with Crippen molar-refractivity contribution in [2.45, 2.75) is 139 Å². The van der Waals surface area contributed by atoms with Gasteiger partial charge in [0.1, 0.15) is 12.4 Å². The third kappa shape index (κ3) is 12.0. The molecule has 0 bridgehead atoms. The van der Waals surface area contributed by atoms with Gasteiger partial charge in [0, 0.05) is 28.2 Å². The smallest absolute Gasteiger partial charge is 0.307 e. The Bertz CT molecular complexity index is 1910. The summed E-state index contributed by atoms with van der Waals surface area (Å²) in [6.07, 6.45) is 7.94. The summed E-state index contributed by atoms with van der Waals surface area (Å²) in [6, 6.07) is 15.8. The summed E-state index contributed by atoms with van der Waals surface area (Å²) in [5.74, 6) is -0.678. The van der Waals surface area contributed by atoms with E-state index in [1.807, 2.05) is 39.8 Å². The number of fused-ring (bicyclic) bond motifs is 3. The number of carbonyl (C=O) groups is 1. The molecule has 6 nitrogen and oxygen atoms in total. The SMILES string of the molecule is C.C.Cc1cc(CCCC(C)(C)O)cc(C)c1-c1ccc(F)c(COc2cc3c(cn2)[C@H]2[C@@H](C3)[C@@H]2C(=O)O)c1.Cc1cc(CCCC(C)(C)O)cc(C)c1Br. The van der Waals surface area contributed by atoms with E-state index >= 15 is 0 Å². The molecule has 1 aromatic heterocycles. The van der Waals surface area contributed by atoms with Crippen LogP contribution in [-0.4, -0.2) is 37.5 Å². The van der Waals surface area contributed by atoms with Gasteiger partial charge in [0.05, 0.1) is 17.1 Å². The molecule has 3 aromatic carbocycles. The Hall–Kier alpha value is -3.59. The average molecular weight is 821 g/mol. The highest BCUT2D eigenvalue weighted by Crippen LogP contribution is 2.61. The predicted octanol–water partition coefficient (Wildman–Crippen LogP) is 11.6. The average Bonchev–Trinajstić information content (AvgIpc) is 3.64. The summed E-state index contributed by atoms with van der Waals surface area (Å²) in [4.78, 5) is 15.7. The van der Waals surface area contributed by atoms with Gasteiger partial charge < -0.3 is 20.1 Å². The van der Waals surface area contributed by atoms with Gasteiger partial charge in [0.25, 0.3) is 0 Å². The summed E-state index contributed by atoms with van der Waals surface area (Å²) >= 11 is 3.57. The van der Waals surface area contributed by atoms with Gasteiger partial charge in [-0.1, -0.05) is 61.1 Å². The largest absolute Gasteiger partial charge is 0.481 e. The maximum absolute atomic E-state index is 14.7. The highest BCUT2D eigenvalue weighted by Gasteiger charge is 2.60. The Kier molecular flexibility index (Phi) is 15.5. The fraction of sp³-hybridized carbons (Fsp3) is 0.489. The van der Waals surface area contributed by atoms with Gasteiger partial charge in [-0.25, -0.2) is 9.37 Å². The fourth-order valence-corrected chi connectivity index (χ4v) is 8.19. The van der Waals surface area contributed by atoms with Crippen LogP contribution < -0.4 is 4.74 Å². The molecular weight excluding hydrogens is 757 g/mol. The van der Waals surface area contributed by atoms with E-state index in [4.69, 9.17) is 4.74 Å². The second kappa shape index (κ2) is 18.6. The van der Waals surface area contributed by atoms with Gasteiger partial charge in [-0.15, -0.1) is 0 Å². The summed E-state index contributed by atoms with van der Waals surface area (Å²) < 4.78 is 21.8. The molecule has 0 radical (unpaired) electrons. The second-order valence-electron chi connectivity index (χ2n) is 16.6. The maximum Gasteiger partial charge on any atom is 0.307 e. The first-order chi connectivity index (χ1) is 24.8. The number of pyridine rings is 1. The Balaban J connectivity index is 0.000000383. The number of halogens is 2. The number of hydrogen-bond acceptors (Lipinski definition) is 5. The van der Waals surface area contributed by atoms with Crippen LogP contribution in [0, 0.1) is 45.3 Å². The lowest BCUT2D eigenvalue weighted by Crippen LogP contribution is -2.18. The van der Waals surface area contributed by atoms with Crippen molar-refractivity contribution in [3.63, 3.8) is 0 Å². The minimum Gasteiger partial charge on any atom is -0.481 e. The topological polar surface area (TPSA) is 99.9 Å². The third-order valence-corrected chi connectivity index (χ3v) is 11.8. The van der Waals surface area contributed by atoms with E-state index in [1.165, 1.54) is 32.8 Å². The van der Waals surface area contributed by atoms with Gasteiger partial charge in [-0.3, -0.25) is 4.79 Å². The zero-order chi connectivity index (χ0) is 38.8.